The molecule has 1 unspecified atom stereocenters. The molecular weight excluding hydrogens is 280 g/mol. The van der Waals surface area contributed by atoms with Crippen LogP contribution in [-0.2, 0) is 14.6 Å². The van der Waals surface area contributed by atoms with Crippen molar-refractivity contribution in [1.29, 1.82) is 0 Å². The van der Waals surface area contributed by atoms with E-state index in [1.54, 1.807) is 23.9 Å². The van der Waals surface area contributed by atoms with Crippen molar-refractivity contribution in [2.45, 2.75) is 35.5 Å². The summed E-state index contributed by atoms with van der Waals surface area (Å²) < 4.78 is 22.6. The Kier molecular flexibility index (Phi) is 4.68. The average Bonchev–Trinajstić information content (AvgIpc) is 2.75. The Labute approximate surface area is 118 Å². The molecule has 104 valence electrons. The first-order valence-corrected chi connectivity index (χ1v) is 9.30. The number of Topliss-reactive ketones (excluding diaryl/α,β-unsaturated/α-hetero) is 1. The molecule has 0 spiro atoms. The van der Waals surface area contributed by atoms with Gasteiger partial charge in [-0.05, 0) is 49.3 Å². The molecule has 0 bridgehead atoms. The van der Waals surface area contributed by atoms with Crippen LogP contribution in [0.3, 0.4) is 0 Å². The topological polar surface area (TPSA) is 51.2 Å². The number of carbonyl (C=O) groups is 1. The second-order valence-electron chi connectivity index (χ2n) is 4.94. The molecule has 2 rings (SSSR count). The molecule has 0 N–H and O–H groups in total. The van der Waals surface area contributed by atoms with Crippen LogP contribution in [0.15, 0.2) is 34.1 Å². The normalized spacial score (nSPS) is 19.8. The molecule has 0 radical (unpaired) electrons. The highest BCUT2D eigenvalue weighted by Gasteiger charge is 2.23. The molecule has 0 saturated heterocycles. The standard InChI is InChI=1S/C14H18O3S2/c1-19(16,17)13-7-5-12(6-8-13)18-10-9-11-3-2-4-14(11)15/h5-8,11H,2-4,9-10H2,1H3. The molecule has 1 aromatic carbocycles. The van der Waals surface area contributed by atoms with E-state index in [1.807, 2.05) is 12.1 Å². The van der Waals surface area contributed by atoms with Gasteiger partial charge in [-0.25, -0.2) is 8.42 Å². The highest BCUT2D eigenvalue weighted by atomic mass is 32.2. The summed E-state index contributed by atoms with van der Waals surface area (Å²) in [6, 6.07) is 6.94. The molecule has 1 saturated carbocycles. The van der Waals surface area contributed by atoms with Gasteiger partial charge in [0.2, 0.25) is 0 Å². The zero-order valence-electron chi connectivity index (χ0n) is 11.0. The quantitative estimate of drug-likeness (QED) is 0.784. The zero-order chi connectivity index (χ0) is 13.9. The van der Waals surface area contributed by atoms with E-state index in [1.165, 1.54) is 6.26 Å². The summed E-state index contributed by atoms with van der Waals surface area (Å²) in [4.78, 5) is 12.9. The smallest absolute Gasteiger partial charge is 0.175 e. The number of benzene rings is 1. The Morgan fingerprint density at radius 1 is 1.26 bits per heavy atom. The SMILES string of the molecule is CS(=O)(=O)c1ccc(SCCC2CCCC2=O)cc1. The number of ketones is 1. The molecule has 1 aliphatic carbocycles. The lowest BCUT2D eigenvalue weighted by atomic mass is 10.1. The molecule has 0 aliphatic heterocycles. The van der Waals surface area contributed by atoms with E-state index in [0.29, 0.717) is 10.7 Å². The van der Waals surface area contributed by atoms with E-state index in [-0.39, 0.29) is 5.92 Å². The van der Waals surface area contributed by atoms with Crippen LogP contribution < -0.4 is 0 Å². The largest absolute Gasteiger partial charge is 0.299 e. The van der Waals surface area contributed by atoms with Gasteiger partial charge in [-0.3, -0.25) is 4.79 Å². The first-order valence-electron chi connectivity index (χ1n) is 6.42. The molecular formula is C14H18O3S2. The van der Waals surface area contributed by atoms with Gasteiger partial charge in [0.1, 0.15) is 5.78 Å². The summed E-state index contributed by atoms with van der Waals surface area (Å²) in [5.41, 5.74) is 0. The van der Waals surface area contributed by atoms with Crippen molar-refractivity contribution < 1.29 is 13.2 Å². The second-order valence-corrected chi connectivity index (χ2v) is 8.12. The lowest BCUT2D eigenvalue weighted by Gasteiger charge is -2.07. The predicted molar refractivity (Wildman–Crippen MR) is 77.2 cm³/mol. The third-order valence-electron chi connectivity index (χ3n) is 3.42. The molecule has 3 nitrogen and oxygen atoms in total. The van der Waals surface area contributed by atoms with Crippen molar-refractivity contribution in [3.8, 4) is 0 Å². The molecule has 1 atom stereocenters. The minimum Gasteiger partial charge on any atom is -0.299 e. The third-order valence-corrected chi connectivity index (χ3v) is 5.59. The maximum absolute atomic E-state index is 11.5. The highest BCUT2D eigenvalue weighted by molar-refractivity contribution is 7.99. The van der Waals surface area contributed by atoms with Gasteiger partial charge >= 0.3 is 0 Å². The minimum atomic E-state index is -3.11. The molecule has 0 amide bonds. The summed E-state index contributed by atoms with van der Waals surface area (Å²) in [5.74, 6) is 1.57. The monoisotopic (exact) mass is 298 g/mol. The Hall–Kier alpha value is -0.810. The molecule has 19 heavy (non-hydrogen) atoms. The van der Waals surface area contributed by atoms with E-state index >= 15 is 0 Å². The van der Waals surface area contributed by atoms with Crippen LogP contribution in [0, 0.1) is 5.92 Å². The van der Waals surface area contributed by atoms with Gasteiger partial charge in [0.05, 0.1) is 4.90 Å². The van der Waals surface area contributed by atoms with Gasteiger partial charge in [-0.2, -0.15) is 0 Å². The highest BCUT2D eigenvalue weighted by Crippen LogP contribution is 2.28. The maximum Gasteiger partial charge on any atom is 0.175 e. The number of rotatable bonds is 5. The number of hydrogen-bond donors (Lipinski definition) is 0. The molecule has 0 aromatic heterocycles. The molecule has 0 heterocycles. The number of sulfone groups is 1. The average molecular weight is 298 g/mol. The van der Waals surface area contributed by atoms with Gasteiger partial charge in [0, 0.05) is 23.5 Å². The zero-order valence-corrected chi connectivity index (χ0v) is 12.6. The Morgan fingerprint density at radius 3 is 2.47 bits per heavy atom. The van der Waals surface area contributed by atoms with Crippen molar-refractivity contribution in [2.24, 2.45) is 5.92 Å². The second kappa shape index (κ2) is 6.09. The van der Waals surface area contributed by atoms with Gasteiger partial charge in [0.15, 0.2) is 9.84 Å². The summed E-state index contributed by atoms with van der Waals surface area (Å²) in [6.07, 6.45) is 4.96. The third kappa shape index (κ3) is 4.08. The first-order chi connectivity index (χ1) is 8.97. The van der Waals surface area contributed by atoms with Crippen LogP contribution in [0.5, 0.6) is 0 Å². The Bertz CT molecular complexity index is 547. The fourth-order valence-electron chi connectivity index (χ4n) is 2.30. The predicted octanol–water partition coefficient (Wildman–Crippen LogP) is 2.94. The van der Waals surface area contributed by atoms with Crippen LogP contribution in [0.4, 0.5) is 0 Å². The minimum absolute atomic E-state index is 0.253. The summed E-state index contributed by atoms with van der Waals surface area (Å²) in [5, 5.41) is 0. The fraction of sp³-hybridized carbons (Fsp3) is 0.500. The molecule has 1 aliphatic rings. The Morgan fingerprint density at radius 2 is 1.95 bits per heavy atom. The van der Waals surface area contributed by atoms with E-state index in [2.05, 4.69) is 0 Å². The van der Waals surface area contributed by atoms with Gasteiger partial charge in [-0.15, -0.1) is 11.8 Å². The van der Waals surface area contributed by atoms with Gasteiger partial charge in [0.25, 0.3) is 0 Å². The molecule has 5 heteroatoms. The summed E-state index contributed by atoms with van der Waals surface area (Å²) in [7, 11) is -3.11. The number of carbonyl (C=O) groups excluding carboxylic acids is 1. The summed E-state index contributed by atoms with van der Waals surface area (Å²) in [6.45, 7) is 0. The fourth-order valence-corrected chi connectivity index (χ4v) is 3.89. The van der Waals surface area contributed by atoms with Crippen molar-refractivity contribution >= 4 is 27.4 Å². The van der Waals surface area contributed by atoms with Crippen LogP contribution in [0.1, 0.15) is 25.7 Å². The van der Waals surface area contributed by atoms with Gasteiger partial charge in [-0.1, -0.05) is 0 Å². The van der Waals surface area contributed by atoms with E-state index in [9.17, 15) is 13.2 Å². The van der Waals surface area contributed by atoms with Gasteiger partial charge < -0.3 is 0 Å². The first kappa shape index (κ1) is 14.6. The van der Waals surface area contributed by atoms with Crippen LogP contribution in [-0.4, -0.2) is 26.2 Å². The molecule has 1 aromatic rings. The van der Waals surface area contributed by atoms with Crippen LogP contribution in [0.25, 0.3) is 0 Å². The number of thioether (sulfide) groups is 1. The van der Waals surface area contributed by atoms with Crippen molar-refractivity contribution in [3.05, 3.63) is 24.3 Å². The van der Waals surface area contributed by atoms with E-state index in [4.69, 9.17) is 0 Å². The van der Waals surface area contributed by atoms with Crippen LogP contribution >= 0.6 is 11.8 Å². The van der Waals surface area contributed by atoms with Crippen molar-refractivity contribution in [2.75, 3.05) is 12.0 Å². The van der Waals surface area contributed by atoms with Crippen LogP contribution in [0.2, 0.25) is 0 Å². The molecule has 1 fully saturated rings. The Balaban J connectivity index is 1.85. The number of hydrogen-bond acceptors (Lipinski definition) is 4. The maximum atomic E-state index is 11.5. The van der Waals surface area contributed by atoms with E-state index in [0.717, 1.165) is 36.3 Å². The lowest BCUT2D eigenvalue weighted by Crippen LogP contribution is -2.06. The summed E-state index contributed by atoms with van der Waals surface area (Å²) >= 11 is 1.68. The van der Waals surface area contributed by atoms with Crippen molar-refractivity contribution in [1.82, 2.24) is 0 Å². The van der Waals surface area contributed by atoms with E-state index < -0.39 is 9.84 Å². The lowest BCUT2D eigenvalue weighted by molar-refractivity contribution is -0.120. The van der Waals surface area contributed by atoms with Crippen molar-refractivity contribution in [3.63, 3.8) is 0 Å².